The lowest BCUT2D eigenvalue weighted by Gasteiger charge is -2.15. The van der Waals surface area contributed by atoms with Gasteiger partial charge < -0.3 is 19.9 Å². The Balaban J connectivity index is 1.48. The predicted molar refractivity (Wildman–Crippen MR) is 129 cm³/mol. The molecule has 0 aliphatic carbocycles. The number of anilines is 1. The van der Waals surface area contributed by atoms with Crippen LogP contribution in [-0.2, 0) is 29.6 Å². The number of carbonyl (C=O) groups excluding carboxylic acids is 2. The molecule has 2 N–H and O–H groups in total. The Hall–Kier alpha value is -3.40. The van der Waals surface area contributed by atoms with Crippen LogP contribution in [0, 0.1) is 12.7 Å². The molecule has 0 radical (unpaired) electrons. The van der Waals surface area contributed by atoms with E-state index in [0.29, 0.717) is 22.4 Å². The summed E-state index contributed by atoms with van der Waals surface area (Å²) in [4.78, 5) is 24.7. The molecule has 0 unspecified atom stereocenters. The smallest absolute Gasteiger partial charge is 0.261 e. The highest BCUT2D eigenvalue weighted by Crippen LogP contribution is 2.19. The molecule has 1 aromatic heterocycles. The monoisotopic (exact) mass is 485 g/mol. The second-order valence-corrected chi connectivity index (χ2v) is 8.67. The number of aryl methyl sites for hydroxylation is 2. The minimum atomic E-state index is -0.676. The zero-order valence-electron chi connectivity index (χ0n) is 19.6. The number of thioether (sulfide) groups is 1. The molecule has 0 saturated carbocycles. The average molecular weight is 486 g/mol. The maximum absolute atomic E-state index is 13.4. The van der Waals surface area contributed by atoms with Crippen LogP contribution in [0.15, 0.2) is 47.6 Å². The number of aromatic nitrogens is 3. The van der Waals surface area contributed by atoms with E-state index in [9.17, 15) is 14.0 Å². The van der Waals surface area contributed by atoms with Gasteiger partial charge in [-0.2, -0.15) is 0 Å². The van der Waals surface area contributed by atoms with Crippen LogP contribution in [0.3, 0.4) is 0 Å². The number of nitrogens with zero attached hydrogens (tertiary/aromatic N) is 3. The molecule has 1 heterocycles. The Kier molecular flexibility index (Phi) is 8.64. The first-order chi connectivity index (χ1) is 16.3. The highest BCUT2D eigenvalue weighted by Gasteiger charge is 2.17. The third kappa shape index (κ3) is 6.80. The molecule has 0 saturated heterocycles. The third-order valence-corrected chi connectivity index (χ3v) is 6.19. The first-order valence-corrected chi connectivity index (χ1v) is 11.9. The van der Waals surface area contributed by atoms with Gasteiger partial charge in [0.05, 0.1) is 12.3 Å². The van der Waals surface area contributed by atoms with E-state index in [4.69, 9.17) is 4.74 Å². The van der Waals surface area contributed by atoms with Crippen molar-refractivity contribution >= 4 is 29.3 Å². The third-order valence-electron chi connectivity index (χ3n) is 5.17. The van der Waals surface area contributed by atoms with Gasteiger partial charge in [0.2, 0.25) is 5.91 Å². The summed E-state index contributed by atoms with van der Waals surface area (Å²) in [7, 11) is 1.76. The van der Waals surface area contributed by atoms with Crippen molar-refractivity contribution in [1.29, 1.82) is 0 Å². The maximum Gasteiger partial charge on any atom is 0.261 e. The molecule has 3 aromatic rings. The van der Waals surface area contributed by atoms with E-state index in [1.165, 1.54) is 29.5 Å². The van der Waals surface area contributed by atoms with Crippen LogP contribution in [0.1, 0.15) is 30.8 Å². The van der Waals surface area contributed by atoms with Gasteiger partial charge in [0.1, 0.15) is 11.6 Å². The fourth-order valence-corrected chi connectivity index (χ4v) is 3.77. The van der Waals surface area contributed by atoms with Crippen molar-refractivity contribution in [3.63, 3.8) is 0 Å². The van der Waals surface area contributed by atoms with Crippen molar-refractivity contribution in [2.24, 2.45) is 7.05 Å². The quantitative estimate of drug-likeness (QED) is 0.426. The van der Waals surface area contributed by atoms with Gasteiger partial charge in [0, 0.05) is 12.7 Å². The molecule has 0 spiro atoms. The van der Waals surface area contributed by atoms with Crippen molar-refractivity contribution in [2.45, 2.75) is 45.0 Å². The number of nitrogens with one attached hydrogen (secondary N) is 2. The second-order valence-electron chi connectivity index (χ2n) is 7.73. The molecular formula is C24H28FN5O3S. The van der Waals surface area contributed by atoms with Gasteiger partial charge in [0.15, 0.2) is 17.1 Å². The Bertz CT molecular complexity index is 1150. The molecule has 2 aromatic carbocycles. The highest BCUT2D eigenvalue weighted by molar-refractivity contribution is 7.99. The van der Waals surface area contributed by atoms with E-state index < -0.39 is 11.9 Å². The summed E-state index contributed by atoms with van der Waals surface area (Å²) >= 11 is 1.20. The van der Waals surface area contributed by atoms with E-state index in [1.54, 1.807) is 31.5 Å². The number of hydrogen-bond acceptors (Lipinski definition) is 6. The molecule has 2 amide bonds. The zero-order chi connectivity index (χ0) is 24.7. The Labute approximate surface area is 202 Å². The summed E-state index contributed by atoms with van der Waals surface area (Å²) in [5.41, 5.74) is 2.40. The van der Waals surface area contributed by atoms with E-state index in [1.807, 2.05) is 24.3 Å². The lowest BCUT2D eigenvalue weighted by molar-refractivity contribution is -0.127. The first kappa shape index (κ1) is 25.2. The summed E-state index contributed by atoms with van der Waals surface area (Å²) in [6, 6.07) is 11.9. The van der Waals surface area contributed by atoms with Crippen LogP contribution in [0.25, 0.3) is 0 Å². The summed E-state index contributed by atoms with van der Waals surface area (Å²) < 4.78 is 20.8. The minimum Gasteiger partial charge on any atom is -0.481 e. The van der Waals surface area contributed by atoms with E-state index in [-0.39, 0.29) is 24.1 Å². The number of benzene rings is 2. The maximum atomic E-state index is 13.4. The van der Waals surface area contributed by atoms with E-state index >= 15 is 0 Å². The molecule has 34 heavy (non-hydrogen) atoms. The van der Waals surface area contributed by atoms with Crippen LogP contribution in [0.2, 0.25) is 0 Å². The molecule has 8 nitrogen and oxygen atoms in total. The molecule has 0 fully saturated rings. The number of carbonyl (C=O) groups is 2. The van der Waals surface area contributed by atoms with Crippen LogP contribution < -0.4 is 15.4 Å². The predicted octanol–water partition coefficient (Wildman–Crippen LogP) is 3.64. The number of ether oxygens (including phenoxy) is 1. The van der Waals surface area contributed by atoms with Crippen LogP contribution in [0.5, 0.6) is 5.75 Å². The molecule has 180 valence electrons. The van der Waals surface area contributed by atoms with Crippen molar-refractivity contribution in [3.05, 3.63) is 65.2 Å². The normalized spacial score (nSPS) is 11.7. The fourth-order valence-electron chi connectivity index (χ4n) is 3.04. The van der Waals surface area contributed by atoms with Crippen molar-refractivity contribution in [2.75, 3.05) is 11.1 Å². The van der Waals surface area contributed by atoms with Gasteiger partial charge in [-0.05, 0) is 55.7 Å². The van der Waals surface area contributed by atoms with Crippen molar-refractivity contribution < 1.29 is 18.7 Å². The van der Waals surface area contributed by atoms with Crippen LogP contribution >= 0.6 is 11.8 Å². The van der Waals surface area contributed by atoms with E-state index in [2.05, 4.69) is 27.8 Å². The second kappa shape index (κ2) is 11.6. The Morgan fingerprint density at radius 1 is 1.18 bits per heavy atom. The van der Waals surface area contributed by atoms with Crippen molar-refractivity contribution in [3.8, 4) is 5.75 Å². The van der Waals surface area contributed by atoms with Gasteiger partial charge >= 0.3 is 0 Å². The summed E-state index contributed by atoms with van der Waals surface area (Å²) in [5, 5.41) is 14.2. The molecule has 10 heteroatoms. The molecule has 0 aliphatic heterocycles. The topological polar surface area (TPSA) is 98.1 Å². The SMILES string of the molecule is CCc1ccc(O[C@@H](C)C(=O)NCc2nnc(SCC(=O)Nc3cc(F)ccc3C)n2C)cc1. The zero-order valence-corrected chi connectivity index (χ0v) is 20.4. The Morgan fingerprint density at radius 3 is 2.62 bits per heavy atom. The van der Waals surface area contributed by atoms with Crippen LogP contribution in [-0.4, -0.2) is 38.4 Å². The number of amides is 2. The lowest BCUT2D eigenvalue weighted by Crippen LogP contribution is -2.36. The summed E-state index contributed by atoms with van der Waals surface area (Å²) in [5.74, 6) is 0.273. The molecular weight excluding hydrogens is 457 g/mol. The fraction of sp³-hybridized carbons (Fsp3) is 0.333. The average Bonchev–Trinajstić information content (AvgIpc) is 3.18. The largest absolute Gasteiger partial charge is 0.481 e. The van der Waals surface area contributed by atoms with Gasteiger partial charge in [-0.25, -0.2) is 4.39 Å². The van der Waals surface area contributed by atoms with Gasteiger partial charge in [-0.15, -0.1) is 10.2 Å². The van der Waals surface area contributed by atoms with Crippen molar-refractivity contribution in [1.82, 2.24) is 20.1 Å². The summed E-state index contributed by atoms with van der Waals surface area (Å²) in [6.45, 7) is 5.71. The minimum absolute atomic E-state index is 0.0793. The number of rotatable bonds is 10. The molecule has 1 atom stereocenters. The molecule has 3 rings (SSSR count). The number of halogens is 1. The molecule has 0 aliphatic rings. The Morgan fingerprint density at radius 2 is 1.91 bits per heavy atom. The molecule has 0 bridgehead atoms. The first-order valence-electron chi connectivity index (χ1n) is 10.9. The highest BCUT2D eigenvalue weighted by atomic mass is 32.2. The standard InChI is InChI=1S/C24H28FN5O3S/c1-5-17-7-10-19(11-8-17)33-16(3)23(32)26-13-21-28-29-24(30(21)4)34-14-22(31)27-20-12-18(25)9-6-15(20)2/h6-12,16H,5,13-14H2,1-4H3,(H,26,32)(H,27,31)/t16-/m0/s1. The van der Waals surface area contributed by atoms with Gasteiger partial charge in [-0.3, -0.25) is 9.59 Å². The number of hydrogen-bond donors (Lipinski definition) is 2. The van der Waals surface area contributed by atoms with Gasteiger partial charge in [-0.1, -0.05) is 36.9 Å². The summed E-state index contributed by atoms with van der Waals surface area (Å²) in [6.07, 6.45) is 0.260. The van der Waals surface area contributed by atoms with Crippen LogP contribution in [0.4, 0.5) is 10.1 Å². The lowest BCUT2D eigenvalue weighted by atomic mass is 10.2. The van der Waals surface area contributed by atoms with E-state index in [0.717, 1.165) is 12.0 Å². The van der Waals surface area contributed by atoms with Gasteiger partial charge in [0.25, 0.3) is 5.91 Å².